The van der Waals surface area contributed by atoms with E-state index in [1.54, 1.807) is 6.07 Å². The molecule has 0 unspecified atom stereocenters. The minimum Gasteiger partial charge on any atom is -0.383 e. The summed E-state index contributed by atoms with van der Waals surface area (Å²) >= 11 is 0. The smallest absolute Gasteiger partial charge is 0.125 e. The van der Waals surface area contributed by atoms with Gasteiger partial charge in [-0.3, -0.25) is 0 Å². The first-order valence-corrected chi connectivity index (χ1v) is 6.92. The molecule has 0 spiro atoms. The highest BCUT2D eigenvalue weighted by atomic mass is 19.1. The van der Waals surface area contributed by atoms with Crippen LogP contribution < -0.4 is 5.32 Å². The summed E-state index contributed by atoms with van der Waals surface area (Å²) in [4.78, 5) is 0. The van der Waals surface area contributed by atoms with E-state index in [0.717, 1.165) is 24.8 Å². The third-order valence-electron chi connectivity index (χ3n) is 3.48. The van der Waals surface area contributed by atoms with Crippen molar-refractivity contribution in [2.24, 2.45) is 5.92 Å². The van der Waals surface area contributed by atoms with Crippen LogP contribution in [-0.2, 0) is 4.74 Å². The minimum absolute atomic E-state index is 0.205. The molecule has 0 saturated heterocycles. The zero-order valence-corrected chi connectivity index (χ0v) is 10.8. The summed E-state index contributed by atoms with van der Waals surface area (Å²) in [5.41, 5.74) is 0.816. The van der Waals surface area contributed by atoms with Crippen molar-refractivity contribution in [1.29, 1.82) is 0 Å². The number of hydrogen-bond acceptors (Lipinski definition) is 2. The first-order valence-electron chi connectivity index (χ1n) is 6.92. The van der Waals surface area contributed by atoms with Gasteiger partial charge in [0.05, 0.1) is 6.61 Å². The van der Waals surface area contributed by atoms with E-state index in [4.69, 9.17) is 4.74 Å². The second-order valence-corrected chi connectivity index (χ2v) is 5.02. The first-order chi connectivity index (χ1) is 8.84. The lowest BCUT2D eigenvalue weighted by Gasteiger charge is -2.21. The highest BCUT2D eigenvalue weighted by Gasteiger charge is 2.12. The third kappa shape index (κ3) is 4.65. The fraction of sp³-hybridized carbons (Fsp3) is 0.600. The molecule has 3 heteroatoms. The van der Waals surface area contributed by atoms with Crippen LogP contribution in [0.25, 0.3) is 0 Å². The molecule has 1 aliphatic rings. The summed E-state index contributed by atoms with van der Waals surface area (Å²) in [6.45, 7) is 2.30. The van der Waals surface area contributed by atoms with E-state index in [1.807, 2.05) is 6.07 Å². The van der Waals surface area contributed by atoms with Gasteiger partial charge in [-0.25, -0.2) is 4.39 Å². The lowest BCUT2D eigenvalue weighted by Crippen LogP contribution is -2.16. The molecule has 0 atom stereocenters. The van der Waals surface area contributed by atoms with Crippen molar-refractivity contribution in [3.8, 4) is 0 Å². The SMILES string of the molecule is Fc1cccc(NCCOCC2CCCCC2)c1. The van der Waals surface area contributed by atoms with Gasteiger partial charge in [0.25, 0.3) is 0 Å². The predicted molar refractivity (Wildman–Crippen MR) is 72.3 cm³/mol. The predicted octanol–water partition coefficient (Wildman–Crippen LogP) is 3.83. The molecule has 0 radical (unpaired) electrons. The molecule has 100 valence electrons. The standard InChI is InChI=1S/C15H22FNO/c16-14-7-4-8-15(11-14)17-9-10-18-12-13-5-2-1-3-6-13/h4,7-8,11,13,17H,1-3,5-6,9-10,12H2. The summed E-state index contributed by atoms with van der Waals surface area (Å²) in [5, 5.41) is 3.16. The monoisotopic (exact) mass is 251 g/mol. The van der Waals surface area contributed by atoms with E-state index in [1.165, 1.54) is 44.2 Å². The highest BCUT2D eigenvalue weighted by Crippen LogP contribution is 2.23. The fourth-order valence-electron chi connectivity index (χ4n) is 2.47. The minimum atomic E-state index is -0.205. The van der Waals surface area contributed by atoms with Crippen LogP contribution in [0.2, 0.25) is 0 Å². The molecule has 1 aromatic carbocycles. The van der Waals surface area contributed by atoms with Crippen LogP contribution in [0.1, 0.15) is 32.1 Å². The highest BCUT2D eigenvalue weighted by molar-refractivity contribution is 5.42. The van der Waals surface area contributed by atoms with E-state index < -0.39 is 0 Å². The number of anilines is 1. The van der Waals surface area contributed by atoms with Crippen LogP contribution in [0.5, 0.6) is 0 Å². The van der Waals surface area contributed by atoms with Crippen LogP contribution in [0.4, 0.5) is 10.1 Å². The van der Waals surface area contributed by atoms with Gasteiger partial charge in [-0.15, -0.1) is 0 Å². The van der Waals surface area contributed by atoms with E-state index >= 15 is 0 Å². The Bertz CT molecular complexity index is 350. The lowest BCUT2D eigenvalue weighted by atomic mass is 9.90. The Labute approximate surface area is 109 Å². The Kier molecular flexibility index (Phi) is 5.46. The summed E-state index contributed by atoms with van der Waals surface area (Å²) in [7, 11) is 0. The molecule has 2 rings (SSSR count). The topological polar surface area (TPSA) is 21.3 Å². The van der Waals surface area contributed by atoms with E-state index in [2.05, 4.69) is 5.32 Å². The summed E-state index contributed by atoms with van der Waals surface area (Å²) in [6, 6.07) is 6.52. The molecule has 18 heavy (non-hydrogen) atoms. The summed E-state index contributed by atoms with van der Waals surface area (Å²) in [6.07, 6.45) is 6.73. The summed E-state index contributed by atoms with van der Waals surface area (Å²) < 4.78 is 18.6. The fourth-order valence-corrected chi connectivity index (χ4v) is 2.47. The van der Waals surface area contributed by atoms with Crippen molar-refractivity contribution < 1.29 is 9.13 Å². The normalized spacial score (nSPS) is 16.7. The molecular formula is C15H22FNO. The maximum atomic E-state index is 12.9. The van der Waals surface area contributed by atoms with Gasteiger partial charge in [-0.2, -0.15) is 0 Å². The maximum absolute atomic E-state index is 12.9. The molecule has 0 amide bonds. The van der Waals surface area contributed by atoms with Crippen molar-refractivity contribution in [2.75, 3.05) is 25.1 Å². The number of benzene rings is 1. The lowest BCUT2D eigenvalue weighted by molar-refractivity contribution is 0.0924. The van der Waals surface area contributed by atoms with E-state index in [9.17, 15) is 4.39 Å². The molecule has 1 fully saturated rings. The second kappa shape index (κ2) is 7.37. The number of halogens is 1. The molecule has 1 aliphatic carbocycles. The number of ether oxygens (including phenoxy) is 1. The molecule has 2 nitrogen and oxygen atoms in total. The third-order valence-corrected chi connectivity index (χ3v) is 3.48. The second-order valence-electron chi connectivity index (χ2n) is 5.02. The zero-order valence-electron chi connectivity index (χ0n) is 10.8. The van der Waals surface area contributed by atoms with Crippen molar-refractivity contribution in [3.63, 3.8) is 0 Å². The maximum Gasteiger partial charge on any atom is 0.125 e. The Hall–Kier alpha value is -1.09. The van der Waals surface area contributed by atoms with Gasteiger partial charge in [-0.1, -0.05) is 25.3 Å². The Balaban J connectivity index is 1.55. The molecule has 1 aromatic rings. The van der Waals surface area contributed by atoms with Crippen LogP contribution in [-0.4, -0.2) is 19.8 Å². The Morgan fingerprint density at radius 3 is 2.83 bits per heavy atom. The molecular weight excluding hydrogens is 229 g/mol. The quantitative estimate of drug-likeness (QED) is 0.776. The number of nitrogens with one attached hydrogen (secondary N) is 1. The molecule has 0 bridgehead atoms. The van der Waals surface area contributed by atoms with E-state index in [0.29, 0.717) is 6.61 Å². The largest absolute Gasteiger partial charge is 0.383 e. The number of hydrogen-bond donors (Lipinski definition) is 1. The molecule has 0 aromatic heterocycles. The molecule has 1 N–H and O–H groups in total. The Morgan fingerprint density at radius 2 is 2.06 bits per heavy atom. The van der Waals surface area contributed by atoms with E-state index in [-0.39, 0.29) is 5.82 Å². The average Bonchev–Trinajstić information content (AvgIpc) is 2.40. The van der Waals surface area contributed by atoms with Crippen molar-refractivity contribution in [1.82, 2.24) is 0 Å². The van der Waals surface area contributed by atoms with Gasteiger partial charge in [0.1, 0.15) is 5.82 Å². The van der Waals surface area contributed by atoms with Crippen LogP contribution in [0.3, 0.4) is 0 Å². The van der Waals surface area contributed by atoms with Gasteiger partial charge < -0.3 is 10.1 Å². The molecule has 0 aliphatic heterocycles. The van der Waals surface area contributed by atoms with Gasteiger partial charge in [-0.05, 0) is 37.0 Å². The summed E-state index contributed by atoms with van der Waals surface area (Å²) in [5.74, 6) is 0.552. The van der Waals surface area contributed by atoms with Crippen molar-refractivity contribution >= 4 is 5.69 Å². The molecule has 1 saturated carbocycles. The average molecular weight is 251 g/mol. The first kappa shape index (κ1) is 13.3. The van der Waals surface area contributed by atoms with Crippen molar-refractivity contribution in [2.45, 2.75) is 32.1 Å². The zero-order chi connectivity index (χ0) is 12.6. The van der Waals surface area contributed by atoms with Crippen LogP contribution >= 0.6 is 0 Å². The molecule has 0 heterocycles. The van der Waals surface area contributed by atoms with Gasteiger partial charge in [0.15, 0.2) is 0 Å². The van der Waals surface area contributed by atoms with Gasteiger partial charge in [0.2, 0.25) is 0 Å². The Morgan fingerprint density at radius 1 is 1.22 bits per heavy atom. The number of rotatable bonds is 6. The van der Waals surface area contributed by atoms with Crippen LogP contribution in [0.15, 0.2) is 24.3 Å². The van der Waals surface area contributed by atoms with Crippen LogP contribution in [0, 0.1) is 11.7 Å². The van der Waals surface area contributed by atoms with Crippen molar-refractivity contribution in [3.05, 3.63) is 30.1 Å². The van der Waals surface area contributed by atoms with Gasteiger partial charge >= 0.3 is 0 Å². The van der Waals surface area contributed by atoms with Gasteiger partial charge in [0, 0.05) is 18.8 Å².